The molecule has 0 amide bonds. The van der Waals surface area contributed by atoms with Gasteiger partial charge in [-0.05, 0) is 24.3 Å². The van der Waals surface area contributed by atoms with E-state index < -0.39 is 15.9 Å². The van der Waals surface area contributed by atoms with Gasteiger partial charge in [-0.1, -0.05) is 30.3 Å². The highest BCUT2D eigenvalue weighted by atomic mass is 32.2. The summed E-state index contributed by atoms with van der Waals surface area (Å²) in [5.41, 5.74) is 1.70. The van der Waals surface area contributed by atoms with Gasteiger partial charge in [0.15, 0.2) is 0 Å². The summed E-state index contributed by atoms with van der Waals surface area (Å²) in [6.07, 6.45) is 1.30. The molecule has 0 spiro atoms. The predicted molar refractivity (Wildman–Crippen MR) is 79.6 cm³/mol. The third kappa shape index (κ3) is 2.59. The van der Waals surface area contributed by atoms with Gasteiger partial charge >= 0.3 is 5.76 Å². The summed E-state index contributed by atoms with van der Waals surface area (Å²) in [5, 5.41) is 0. The fourth-order valence-corrected chi connectivity index (χ4v) is 2.61. The van der Waals surface area contributed by atoms with Crippen LogP contribution < -0.4 is 5.76 Å². The predicted octanol–water partition coefficient (Wildman–Crippen LogP) is 2.34. The summed E-state index contributed by atoms with van der Waals surface area (Å²) in [6, 6.07) is 14.4. The summed E-state index contributed by atoms with van der Waals surface area (Å²) in [4.78, 5) is 11.7. The van der Waals surface area contributed by atoms with Gasteiger partial charge in [0.05, 0.1) is 16.3 Å². The minimum absolute atomic E-state index is 0.214. The fraction of sp³-hybridized carbons (Fsp3) is 0. The number of hydrogen-bond donors (Lipinski definition) is 1. The Balaban J connectivity index is 2.13. The first-order valence-corrected chi connectivity index (χ1v) is 7.75. The molecule has 0 saturated carbocycles. The molecule has 1 N–H and O–H groups in total. The van der Waals surface area contributed by atoms with Gasteiger partial charge < -0.3 is 4.42 Å². The van der Waals surface area contributed by atoms with Gasteiger partial charge in [-0.15, -0.1) is 0 Å². The number of rotatable bonds is 3. The zero-order chi connectivity index (χ0) is 15.7. The lowest BCUT2D eigenvalue weighted by molar-refractivity contribution is 0.483. The third-order valence-corrected chi connectivity index (χ3v) is 4.03. The van der Waals surface area contributed by atoms with Gasteiger partial charge in [-0.2, -0.15) is 8.42 Å². The van der Waals surface area contributed by atoms with Crippen LogP contribution >= 0.6 is 0 Å². The molecular weight excluding hydrogens is 306 g/mol. The summed E-state index contributed by atoms with van der Waals surface area (Å²) in [7, 11) is -4.25. The van der Waals surface area contributed by atoms with Crippen LogP contribution in [0.15, 0.2) is 75.0 Å². The average Bonchev–Trinajstić information content (AvgIpc) is 2.89. The van der Waals surface area contributed by atoms with Gasteiger partial charge in [-0.3, -0.25) is 4.55 Å². The molecule has 3 rings (SSSR count). The van der Waals surface area contributed by atoms with E-state index in [1.54, 1.807) is 24.3 Å². The molecule has 2 aromatic carbocycles. The van der Waals surface area contributed by atoms with Gasteiger partial charge in [0, 0.05) is 5.56 Å². The van der Waals surface area contributed by atoms with Crippen LogP contribution in [0, 0.1) is 0 Å². The molecule has 1 heterocycles. The Morgan fingerprint density at radius 1 is 0.955 bits per heavy atom. The minimum Gasteiger partial charge on any atom is -0.415 e. The Morgan fingerprint density at radius 2 is 1.59 bits per heavy atom. The van der Waals surface area contributed by atoms with E-state index >= 15 is 0 Å². The second kappa shape index (κ2) is 5.28. The van der Waals surface area contributed by atoms with Crippen LogP contribution in [-0.2, 0) is 10.1 Å². The molecule has 0 aliphatic rings. The minimum atomic E-state index is -4.25. The normalized spacial score (nSPS) is 11.5. The molecule has 0 aliphatic carbocycles. The summed E-state index contributed by atoms with van der Waals surface area (Å²) < 4.78 is 37.4. The van der Waals surface area contributed by atoms with Crippen LogP contribution in [0.1, 0.15) is 0 Å². The van der Waals surface area contributed by atoms with Crippen molar-refractivity contribution in [2.75, 3.05) is 0 Å². The highest BCUT2D eigenvalue weighted by Gasteiger charge is 2.14. The maximum Gasteiger partial charge on any atom is 0.424 e. The molecule has 112 valence electrons. The van der Waals surface area contributed by atoms with E-state index in [4.69, 9.17) is 8.97 Å². The summed E-state index contributed by atoms with van der Waals surface area (Å²) >= 11 is 0. The molecular formula is C15H11NO5S. The van der Waals surface area contributed by atoms with Gasteiger partial charge in [0.1, 0.15) is 6.26 Å². The van der Waals surface area contributed by atoms with E-state index in [9.17, 15) is 13.2 Å². The van der Waals surface area contributed by atoms with E-state index in [1.807, 2.05) is 6.07 Å². The van der Waals surface area contributed by atoms with Gasteiger partial charge in [0.25, 0.3) is 10.1 Å². The highest BCUT2D eigenvalue weighted by Crippen LogP contribution is 2.23. The Morgan fingerprint density at radius 3 is 2.18 bits per heavy atom. The highest BCUT2D eigenvalue weighted by molar-refractivity contribution is 7.85. The number of aromatic nitrogens is 1. The fourth-order valence-electron chi connectivity index (χ4n) is 2.13. The number of para-hydroxylation sites is 1. The monoisotopic (exact) mass is 317 g/mol. The van der Waals surface area contributed by atoms with Gasteiger partial charge in [-0.25, -0.2) is 9.36 Å². The van der Waals surface area contributed by atoms with Crippen LogP contribution in [-0.4, -0.2) is 17.5 Å². The maximum absolute atomic E-state index is 11.9. The first-order chi connectivity index (χ1) is 10.5. The third-order valence-electron chi connectivity index (χ3n) is 3.16. The quantitative estimate of drug-likeness (QED) is 0.749. The SMILES string of the molecule is O=c1occ(-c2ccc(S(=O)(=O)O)cc2)n1-c1ccccc1. The topological polar surface area (TPSA) is 89.5 Å². The first-order valence-electron chi connectivity index (χ1n) is 6.31. The first kappa shape index (κ1) is 14.3. The summed E-state index contributed by atoms with van der Waals surface area (Å²) in [5.74, 6) is -0.542. The van der Waals surface area contributed by atoms with Crippen molar-refractivity contribution >= 4 is 10.1 Å². The number of nitrogens with zero attached hydrogens (tertiary/aromatic N) is 1. The van der Waals surface area contributed by atoms with E-state index in [0.717, 1.165) is 0 Å². The molecule has 0 aliphatic heterocycles. The molecule has 0 radical (unpaired) electrons. The molecule has 7 heteroatoms. The molecule has 22 heavy (non-hydrogen) atoms. The Bertz CT molecular complexity index is 953. The molecule has 0 bridgehead atoms. The molecule has 6 nitrogen and oxygen atoms in total. The Labute approximate surface area is 126 Å². The lowest BCUT2D eigenvalue weighted by atomic mass is 10.1. The van der Waals surface area contributed by atoms with Crippen molar-refractivity contribution in [3.8, 4) is 16.9 Å². The molecule has 0 unspecified atom stereocenters. The molecule has 1 aromatic heterocycles. The van der Waals surface area contributed by atoms with Crippen molar-refractivity contribution in [1.82, 2.24) is 4.57 Å². The van der Waals surface area contributed by atoms with Gasteiger partial charge in [0.2, 0.25) is 0 Å². The lowest BCUT2D eigenvalue weighted by Crippen LogP contribution is -2.12. The number of hydrogen-bond acceptors (Lipinski definition) is 4. The zero-order valence-electron chi connectivity index (χ0n) is 11.2. The smallest absolute Gasteiger partial charge is 0.415 e. The van der Waals surface area contributed by atoms with Crippen LogP contribution in [0.5, 0.6) is 0 Å². The van der Waals surface area contributed by atoms with E-state index in [1.165, 1.54) is 35.1 Å². The van der Waals surface area contributed by atoms with Crippen molar-refractivity contribution in [3.63, 3.8) is 0 Å². The van der Waals surface area contributed by atoms with Crippen LogP contribution in [0.3, 0.4) is 0 Å². The van der Waals surface area contributed by atoms with Crippen molar-refractivity contribution in [2.24, 2.45) is 0 Å². The van der Waals surface area contributed by atoms with Crippen molar-refractivity contribution in [1.29, 1.82) is 0 Å². The zero-order valence-corrected chi connectivity index (χ0v) is 12.0. The molecule has 0 fully saturated rings. The van der Waals surface area contributed by atoms with Crippen molar-refractivity contribution in [3.05, 3.63) is 71.4 Å². The summed E-state index contributed by atoms with van der Waals surface area (Å²) in [6.45, 7) is 0. The Hall–Kier alpha value is -2.64. The molecule has 3 aromatic rings. The molecule has 0 saturated heterocycles. The van der Waals surface area contributed by atoms with Crippen molar-refractivity contribution in [2.45, 2.75) is 4.90 Å². The Kier molecular flexibility index (Phi) is 3.44. The lowest BCUT2D eigenvalue weighted by Gasteiger charge is -2.06. The molecule has 0 atom stereocenters. The van der Waals surface area contributed by atoms with E-state index in [0.29, 0.717) is 16.9 Å². The maximum atomic E-state index is 11.9. The average molecular weight is 317 g/mol. The number of oxazole rings is 1. The second-order valence-electron chi connectivity index (χ2n) is 4.56. The van der Waals surface area contributed by atoms with Crippen molar-refractivity contribution < 1.29 is 17.4 Å². The number of benzene rings is 2. The standard InChI is InChI=1S/C15H11NO5S/c17-15-16(12-4-2-1-3-5-12)14(10-21-15)11-6-8-13(9-7-11)22(18,19)20/h1-10H,(H,18,19,20). The van der Waals surface area contributed by atoms with Crippen LogP contribution in [0.25, 0.3) is 16.9 Å². The van der Waals surface area contributed by atoms with Crippen LogP contribution in [0.2, 0.25) is 0 Å². The van der Waals surface area contributed by atoms with E-state index in [-0.39, 0.29) is 4.90 Å². The second-order valence-corrected chi connectivity index (χ2v) is 5.98. The largest absolute Gasteiger partial charge is 0.424 e. The van der Waals surface area contributed by atoms with Crippen LogP contribution in [0.4, 0.5) is 0 Å². The van der Waals surface area contributed by atoms with E-state index in [2.05, 4.69) is 0 Å².